The van der Waals surface area contributed by atoms with Crippen molar-refractivity contribution in [3.8, 4) is 28.7 Å². The van der Waals surface area contributed by atoms with E-state index in [-0.39, 0.29) is 0 Å². The quantitative estimate of drug-likeness (QED) is 0.186. The first kappa shape index (κ1) is 26.0. The monoisotopic (exact) mass is 679 g/mol. The van der Waals surface area contributed by atoms with Crippen LogP contribution in [0.15, 0.2) is 132 Å². The van der Waals surface area contributed by atoms with Gasteiger partial charge in [0, 0.05) is 69.0 Å². The summed E-state index contributed by atoms with van der Waals surface area (Å²) in [7, 11) is 0. The highest BCUT2D eigenvalue weighted by Gasteiger charge is 2.30. The van der Waals surface area contributed by atoms with E-state index in [0.29, 0.717) is 17.6 Å². The van der Waals surface area contributed by atoms with Crippen LogP contribution in [0.2, 0.25) is 0 Å². The number of hydrogen-bond donors (Lipinski definition) is 0. The summed E-state index contributed by atoms with van der Waals surface area (Å²) < 4.78 is 13.8. The van der Waals surface area contributed by atoms with Crippen LogP contribution in [-0.2, 0) is 0 Å². The van der Waals surface area contributed by atoms with Crippen LogP contribution in [0, 0.1) is 0 Å². The van der Waals surface area contributed by atoms with Gasteiger partial charge in [0.25, 0.3) is 0 Å². The van der Waals surface area contributed by atoms with Gasteiger partial charge in [0.15, 0.2) is 11.6 Å². The molecule has 0 fully saturated rings. The van der Waals surface area contributed by atoms with Gasteiger partial charge in [-0.15, -0.1) is 11.3 Å². The molecular formula is C45H21N5OS. The zero-order chi connectivity index (χ0) is 33.4. The molecule has 7 aromatic heterocycles. The van der Waals surface area contributed by atoms with Gasteiger partial charge in [-0.05, 0) is 42.5 Å². The summed E-state index contributed by atoms with van der Waals surface area (Å²) in [5.41, 5.74) is 9.56. The van der Waals surface area contributed by atoms with Gasteiger partial charge in [0.05, 0.1) is 33.0 Å². The van der Waals surface area contributed by atoms with Crippen LogP contribution in [-0.4, -0.2) is 23.9 Å². The van der Waals surface area contributed by atoms with E-state index in [1.54, 1.807) is 11.3 Å². The Morgan fingerprint density at radius 3 is 2.00 bits per heavy atom. The largest absolute Gasteiger partial charge is 0.456 e. The van der Waals surface area contributed by atoms with Crippen molar-refractivity contribution in [2.75, 3.05) is 0 Å². The van der Waals surface area contributed by atoms with E-state index in [1.807, 2.05) is 18.2 Å². The van der Waals surface area contributed by atoms with Gasteiger partial charge in [-0.2, -0.15) is 9.97 Å². The molecule has 0 N–H and O–H groups in total. The first-order chi connectivity index (χ1) is 25.8. The Bertz CT molecular complexity index is 3750. The minimum atomic E-state index is 0.589. The van der Waals surface area contributed by atoms with E-state index in [4.69, 9.17) is 19.4 Å². The minimum Gasteiger partial charge on any atom is -0.456 e. The summed E-state index contributed by atoms with van der Waals surface area (Å²) in [5.74, 6) is 1.88. The second-order valence-corrected chi connectivity index (χ2v) is 15.0. The zero-order valence-electron chi connectivity index (χ0n) is 27.2. The van der Waals surface area contributed by atoms with E-state index in [9.17, 15) is 0 Å². The average Bonchev–Trinajstić information content (AvgIpc) is 3.98. The Hall–Kier alpha value is -6.83. The Kier molecular flexibility index (Phi) is 4.37. The number of nitrogens with zero attached hydrogens (tertiary/aromatic N) is 5. The van der Waals surface area contributed by atoms with Crippen molar-refractivity contribution in [3.63, 3.8) is 0 Å². The minimum absolute atomic E-state index is 0.589. The first-order valence-electron chi connectivity index (χ1n) is 17.5. The summed E-state index contributed by atoms with van der Waals surface area (Å²) in [6.07, 6.45) is 0. The number of aromatic nitrogens is 5. The Morgan fingerprint density at radius 1 is 0.442 bits per heavy atom. The molecule has 14 rings (SSSR count). The molecule has 0 aliphatic carbocycles. The molecule has 0 amide bonds. The highest BCUT2D eigenvalue weighted by molar-refractivity contribution is 7.25. The second kappa shape index (κ2) is 8.72. The molecule has 0 bridgehead atoms. The lowest BCUT2D eigenvalue weighted by molar-refractivity contribution is 0.669. The third kappa shape index (κ3) is 2.88. The van der Waals surface area contributed by atoms with Gasteiger partial charge in [-0.25, -0.2) is 4.98 Å². The predicted octanol–water partition coefficient (Wildman–Crippen LogP) is 12.0. The van der Waals surface area contributed by atoms with Crippen molar-refractivity contribution in [1.29, 1.82) is 0 Å². The molecule has 0 aliphatic heterocycles. The number of hydrogen-bond acceptors (Lipinski definition) is 5. The van der Waals surface area contributed by atoms with Crippen LogP contribution < -0.4 is 0 Å². The molecule has 7 aromatic carbocycles. The Labute approximate surface area is 296 Å². The molecule has 14 aromatic rings. The molecule has 52 heavy (non-hydrogen) atoms. The highest BCUT2D eigenvalue weighted by Crippen LogP contribution is 2.52. The third-order valence-corrected chi connectivity index (χ3v) is 12.6. The zero-order valence-corrected chi connectivity index (χ0v) is 28.0. The van der Waals surface area contributed by atoms with E-state index in [1.165, 1.54) is 74.4 Å². The standard InChI is InChI=1S/C45H21N5OS/c1-2-8-22(9-3-1)43-46-44(28-13-7-15-34-35(28)27-10-4-5-14-33(27)52-34)48-45(47-43)49-29-19-21-31-38-36(29)37-30(49)18-16-25-23-11-6-12-24-26-17-20-32(51-31)39(38)42(26)50(40(23)24)41(25)37/h1-21H. The van der Waals surface area contributed by atoms with E-state index in [2.05, 4.69) is 118 Å². The normalized spacial score (nSPS) is 13.0. The number of fused-ring (bicyclic) bond motifs is 5. The van der Waals surface area contributed by atoms with Crippen LogP contribution in [0.25, 0.3) is 131 Å². The number of para-hydroxylation sites is 1. The van der Waals surface area contributed by atoms with Crippen molar-refractivity contribution >= 4 is 113 Å². The number of benzene rings is 7. The average molecular weight is 680 g/mol. The van der Waals surface area contributed by atoms with Crippen LogP contribution in [0.3, 0.4) is 0 Å². The third-order valence-electron chi connectivity index (χ3n) is 11.4. The van der Waals surface area contributed by atoms with Gasteiger partial charge in [0.1, 0.15) is 11.2 Å². The molecule has 0 saturated heterocycles. The maximum atomic E-state index is 6.62. The summed E-state index contributed by atoms with van der Waals surface area (Å²) in [4.78, 5) is 15.9. The summed E-state index contributed by atoms with van der Waals surface area (Å²) in [6.45, 7) is 0. The van der Waals surface area contributed by atoms with Crippen LogP contribution in [0.4, 0.5) is 0 Å². The van der Waals surface area contributed by atoms with Gasteiger partial charge in [-0.3, -0.25) is 4.57 Å². The van der Waals surface area contributed by atoms with Gasteiger partial charge in [0.2, 0.25) is 5.95 Å². The summed E-state index contributed by atoms with van der Waals surface area (Å²) in [5, 5.41) is 12.1. The molecule has 0 spiro atoms. The van der Waals surface area contributed by atoms with Gasteiger partial charge in [-0.1, -0.05) is 84.9 Å². The first-order valence-corrected chi connectivity index (χ1v) is 18.3. The Morgan fingerprint density at radius 2 is 1.10 bits per heavy atom. The summed E-state index contributed by atoms with van der Waals surface area (Å²) in [6, 6.07) is 45.2. The fourth-order valence-electron chi connectivity index (χ4n) is 9.44. The second-order valence-electron chi connectivity index (χ2n) is 13.9. The number of thiophene rings is 1. The molecule has 0 unspecified atom stereocenters. The van der Waals surface area contributed by atoms with E-state index in [0.717, 1.165) is 38.7 Å². The molecule has 0 saturated carbocycles. The molecular weight excluding hydrogens is 659 g/mol. The fourth-order valence-corrected chi connectivity index (χ4v) is 10.6. The van der Waals surface area contributed by atoms with Crippen LogP contribution in [0.1, 0.15) is 0 Å². The van der Waals surface area contributed by atoms with Gasteiger partial charge >= 0.3 is 0 Å². The van der Waals surface area contributed by atoms with E-state index >= 15 is 0 Å². The maximum Gasteiger partial charge on any atom is 0.238 e. The molecule has 0 atom stereocenters. The topological polar surface area (TPSA) is 61.2 Å². The van der Waals surface area contributed by atoms with Crippen LogP contribution >= 0.6 is 11.3 Å². The molecule has 7 heterocycles. The van der Waals surface area contributed by atoms with Crippen molar-refractivity contribution in [2.24, 2.45) is 0 Å². The van der Waals surface area contributed by atoms with Gasteiger partial charge < -0.3 is 8.82 Å². The molecule has 7 heteroatoms. The molecule has 238 valence electrons. The lowest BCUT2D eigenvalue weighted by Crippen LogP contribution is -2.06. The molecule has 0 aliphatic rings. The fraction of sp³-hybridized carbons (Fsp3) is 0. The highest BCUT2D eigenvalue weighted by atomic mass is 32.1. The number of rotatable bonds is 3. The Balaban J connectivity index is 1.18. The summed E-state index contributed by atoms with van der Waals surface area (Å²) >= 11 is 1.80. The van der Waals surface area contributed by atoms with Crippen molar-refractivity contribution in [1.82, 2.24) is 23.9 Å². The van der Waals surface area contributed by atoms with Crippen molar-refractivity contribution in [2.45, 2.75) is 0 Å². The predicted molar refractivity (Wildman–Crippen MR) is 213 cm³/mol. The van der Waals surface area contributed by atoms with E-state index < -0.39 is 0 Å². The lowest BCUT2D eigenvalue weighted by Gasteiger charge is -2.12. The van der Waals surface area contributed by atoms with Crippen LogP contribution in [0.5, 0.6) is 0 Å². The molecule has 6 nitrogen and oxygen atoms in total. The van der Waals surface area contributed by atoms with Crippen molar-refractivity contribution in [3.05, 3.63) is 127 Å². The molecule has 0 radical (unpaired) electrons. The smallest absolute Gasteiger partial charge is 0.238 e. The van der Waals surface area contributed by atoms with Crippen molar-refractivity contribution < 1.29 is 4.42 Å². The number of furan rings is 1. The lowest BCUT2D eigenvalue weighted by atomic mass is 10.0. The SMILES string of the molecule is c1ccc(-c2nc(-c3cccc4sc5ccccc5c34)nc(-n3c4ccc5oc6ccc7c8cccc9c%10ccc3c3c4c5c6c7n(c89)c%103)n2)cc1. The maximum absolute atomic E-state index is 6.62.